The summed E-state index contributed by atoms with van der Waals surface area (Å²) in [4.78, 5) is 15.6. The summed E-state index contributed by atoms with van der Waals surface area (Å²) < 4.78 is 28.7. The highest BCUT2D eigenvalue weighted by Crippen LogP contribution is 2.21. The number of imidazole rings is 1. The number of aromatic nitrogens is 5. The van der Waals surface area contributed by atoms with Gasteiger partial charge in [-0.1, -0.05) is 6.07 Å². The minimum Gasteiger partial charge on any atom is -0.368 e. The van der Waals surface area contributed by atoms with Gasteiger partial charge in [-0.3, -0.25) is 4.57 Å². The Morgan fingerprint density at radius 3 is 2.52 bits per heavy atom. The number of hydrogen-bond acceptors (Lipinski definition) is 6. The first-order chi connectivity index (χ1) is 10.1. The van der Waals surface area contributed by atoms with Gasteiger partial charge in [-0.15, -0.1) is 0 Å². The molecule has 2 heterocycles. The number of nitrogens with zero attached hydrogens (tertiary/aromatic N) is 5. The van der Waals surface area contributed by atoms with E-state index < -0.39 is 11.6 Å². The van der Waals surface area contributed by atoms with Crippen LogP contribution in [0.1, 0.15) is 0 Å². The normalized spacial score (nSPS) is 10.6. The predicted molar refractivity (Wildman–Crippen MR) is 71.0 cm³/mol. The van der Waals surface area contributed by atoms with Crippen LogP contribution in [0.2, 0.25) is 0 Å². The molecule has 21 heavy (non-hydrogen) atoms. The first-order valence-electron chi connectivity index (χ1n) is 5.84. The van der Waals surface area contributed by atoms with Crippen LogP contribution in [0.5, 0.6) is 0 Å². The van der Waals surface area contributed by atoms with Crippen LogP contribution in [0, 0.1) is 11.6 Å². The van der Waals surface area contributed by atoms with Crippen LogP contribution >= 0.6 is 0 Å². The zero-order valence-corrected chi connectivity index (χ0v) is 10.5. The lowest BCUT2D eigenvalue weighted by Gasteiger charge is -2.08. The first-order valence-corrected chi connectivity index (χ1v) is 5.84. The summed E-state index contributed by atoms with van der Waals surface area (Å²) in [5.41, 5.74) is 5.21. The number of nitrogen functional groups attached to an aromatic ring is 1. The molecule has 0 aliphatic carbocycles. The standard InChI is InChI=1S/C12H9F2N7/c13-7-2-1-3-8(14)9(7)17-11-18-10(15)19-12(20-11)21-5-4-16-6-21/h1-6H,(H3,15,17,18,19,20). The molecule has 0 atom stereocenters. The Balaban J connectivity index is 2.00. The molecule has 1 aromatic carbocycles. The Morgan fingerprint density at radius 1 is 1.10 bits per heavy atom. The lowest BCUT2D eigenvalue weighted by molar-refractivity contribution is 0.590. The first kappa shape index (κ1) is 12.9. The highest BCUT2D eigenvalue weighted by molar-refractivity contribution is 5.56. The number of benzene rings is 1. The fourth-order valence-electron chi connectivity index (χ4n) is 1.66. The molecule has 3 rings (SSSR count). The molecular formula is C12H9F2N7. The number of para-hydroxylation sites is 1. The second-order valence-corrected chi connectivity index (χ2v) is 4.01. The topological polar surface area (TPSA) is 94.5 Å². The van der Waals surface area contributed by atoms with Crippen molar-refractivity contribution in [2.24, 2.45) is 0 Å². The Morgan fingerprint density at radius 2 is 1.86 bits per heavy atom. The van der Waals surface area contributed by atoms with Gasteiger partial charge in [0.1, 0.15) is 23.6 Å². The van der Waals surface area contributed by atoms with Crippen LogP contribution in [0.25, 0.3) is 5.95 Å². The van der Waals surface area contributed by atoms with E-state index in [1.54, 1.807) is 6.20 Å². The number of rotatable bonds is 3. The molecule has 3 aromatic rings. The summed E-state index contributed by atoms with van der Waals surface area (Å²) in [7, 11) is 0. The average molecular weight is 289 g/mol. The fourth-order valence-corrected chi connectivity index (χ4v) is 1.66. The van der Waals surface area contributed by atoms with Gasteiger partial charge in [-0.05, 0) is 12.1 Å². The van der Waals surface area contributed by atoms with Crippen LogP contribution in [0.3, 0.4) is 0 Å². The molecule has 0 saturated carbocycles. The Hall–Kier alpha value is -3.10. The van der Waals surface area contributed by atoms with Crippen molar-refractivity contribution in [1.82, 2.24) is 24.5 Å². The van der Waals surface area contributed by atoms with E-state index in [9.17, 15) is 8.78 Å². The average Bonchev–Trinajstić information content (AvgIpc) is 2.97. The van der Waals surface area contributed by atoms with Gasteiger partial charge in [-0.25, -0.2) is 13.8 Å². The molecule has 0 aliphatic heterocycles. The van der Waals surface area contributed by atoms with Gasteiger partial charge in [-0.2, -0.15) is 15.0 Å². The van der Waals surface area contributed by atoms with Crippen LogP contribution in [0.4, 0.5) is 26.4 Å². The second kappa shape index (κ2) is 5.12. The summed E-state index contributed by atoms with van der Waals surface area (Å²) in [6.07, 6.45) is 4.59. The molecule has 0 saturated heterocycles. The van der Waals surface area contributed by atoms with Crippen molar-refractivity contribution in [3.8, 4) is 5.95 Å². The van der Waals surface area contributed by atoms with E-state index in [2.05, 4.69) is 25.3 Å². The summed E-state index contributed by atoms with van der Waals surface area (Å²) in [6, 6.07) is 3.49. The monoisotopic (exact) mass is 289 g/mol. The Kier molecular flexibility index (Phi) is 3.14. The van der Waals surface area contributed by atoms with Gasteiger partial charge in [0.25, 0.3) is 0 Å². The van der Waals surface area contributed by atoms with Crippen LogP contribution in [-0.2, 0) is 0 Å². The molecule has 0 amide bonds. The number of anilines is 3. The van der Waals surface area contributed by atoms with E-state index in [1.165, 1.54) is 23.2 Å². The van der Waals surface area contributed by atoms with Crippen LogP contribution < -0.4 is 11.1 Å². The van der Waals surface area contributed by atoms with Gasteiger partial charge in [0.2, 0.25) is 17.8 Å². The third-order valence-electron chi connectivity index (χ3n) is 2.58. The van der Waals surface area contributed by atoms with E-state index in [4.69, 9.17) is 5.73 Å². The molecule has 0 unspecified atom stereocenters. The lowest BCUT2D eigenvalue weighted by atomic mass is 10.3. The molecule has 3 N–H and O–H groups in total. The fraction of sp³-hybridized carbons (Fsp3) is 0. The number of nitrogens with two attached hydrogens (primary N) is 1. The van der Waals surface area contributed by atoms with Gasteiger partial charge < -0.3 is 11.1 Å². The second-order valence-electron chi connectivity index (χ2n) is 4.01. The molecule has 0 fully saturated rings. The van der Waals surface area contributed by atoms with Gasteiger partial charge in [0.05, 0.1) is 0 Å². The summed E-state index contributed by atoms with van der Waals surface area (Å²) in [6.45, 7) is 0. The molecule has 0 radical (unpaired) electrons. The van der Waals surface area contributed by atoms with Gasteiger partial charge in [0.15, 0.2) is 0 Å². The Bertz CT molecular complexity index is 753. The van der Waals surface area contributed by atoms with Crippen LogP contribution in [-0.4, -0.2) is 24.5 Å². The molecule has 0 aliphatic rings. The molecule has 7 nitrogen and oxygen atoms in total. The van der Waals surface area contributed by atoms with Crippen molar-refractivity contribution < 1.29 is 8.78 Å². The van der Waals surface area contributed by atoms with E-state index in [0.717, 1.165) is 12.1 Å². The SMILES string of the molecule is Nc1nc(Nc2c(F)cccc2F)nc(-n2ccnc2)n1. The predicted octanol–water partition coefficient (Wildman–Crippen LogP) is 1.66. The van der Waals surface area contributed by atoms with Crippen molar-refractivity contribution in [2.75, 3.05) is 11.1 Å². The molecule has 0 spiro atoms. The number of hydrogen-bond donors (Lipinski definition) is 2. The minimum absolute atomic E-state index is 0.0739. The molecule has 2 aromatic heterocycles. The summed E-state index contributed by atoms with van der Waals surface area (Å²) >= 11 is 0. The minimum atomic E-state index is -0.766. The van der Waals surface area contributed by atoms with Crippen molar-refractivity contribution in [3.63, 3.8) is 0 Å². The quantitative estimate of drug-likeness (QED) is 0.761. The zero-order valence-electron chi connectivity index (χ0n) is 10.5. The maximum absolute atomic E-state index is 13.6. The molecule has 0 bridgehead atoms. The highest BCUT2D eigenvalue weighted by Gasteiger charge is 2.12. The molecular weight excluding hydrogens is 280 g/mol. The Labute approximate surface area is 117 Å². The van der Waals surface area contributed by atoms with Crippen molar-refractivity contribution in [3.05, 3.63) is 48.6 Å². The molecule has 106 valence electrons. The molecule has 9 heteroatoms. The van der Waals surface area contributed by atoms with Gasteiger partial charge in [0, 0.05) is 12.4 Å². The van der Waals surface area contributed by atoms with Crippen molar-refractivity contribution in [2.45, 2.75) is 0 Å². The van der Waals surface area contributed by atoms with Gasteiger partial charge >= 0.3 is 0 Å². The summed E-state index contributed by atoms with van der Waals surface area (Å²) in [5, 5.41) is 2.46. The third kappa shape index (κ3) is 2.61. The zero-order chi connectivity index (χ0) is 14.8. The number of nitrogens with one attached hydrogen (secondary N) is 1. The van der Waals surface area contributed by atoms with Crippen molar-refractivity contribution >= 4 is 17.6 Å². The van der Waals surface area contributed by atoms with E-state index in [-0.39, 0.29) is 23.5 Å². The lowest BCUT2D eigenvalue weighted by Crippen LogP contribution is -2.09. The smallest absolute Gasteiger partial charge is 0.241 e. The maximum Gasteiger partial charge on any atom is 0.241 e. The van der Waals surface area contributed by atoms with E-state index in [0.29, 0.717) is 0 Å². The van der Waals surface area contributed by atoms with Crippen LogP contribution in [0.15, 0.2) is 36.9 Å². The summed E-state index contributed by atoms with van der Waals surface area (Å²) in [5.74, 6) is -1.52. The highest BCUT2D eigenvalue weighted by atomic mass is 19.1. The van der Waals surface area contributed by atoms with E-state index >= 15 is 0 Å². The van der Waals surface area contributed by atoms with E-state index in [1.807, 2.05) is 0 Å². The number of halogens is 2. The third-order valence-corrected chi connectivity index (χ3v) is 2.58. The largest absolute Gasteiger partial charge is 0.368 e. The maximum atomic E-state index is 13.6. The van der Waals surface area contributed by atoms with Crippen molar-refractivity contribution in [1.29, 1.82) is 0 Å².